The van der Waals surface area contributed by atoms with Crippen molar-refractivity contribution >= 4 is 33.3 Å². The fraction of sp³-hybridized carbons (Fsp3) is 0.278. The molecular formula is C18H14FN3OS2. The molecule has 0 bridgehead atoms. The molecule has 3 aromatic rings. The smallest absolute Gasteiger partial charge is 0.267 e. The average Bonchev–Trinajstić information content (AvgIpc) is 2.99. The lowest BCUT2D eigenvalue weighted by Crippen LogP contribution is -2.23. The number of halogens is 1. The van der Waals surface area contributed by atoms with Gasteiger partial charge in [-0.15, -0.1) is 11.3 Å². The van der Waals surface area contributed by atoms with Gasteiger partial charge >= 0.3 is 0 Å². The zero-order valence-corrected chi connectivity index (χ0v) is 14.9. The summed E-state index contributed by atoms with van der Waals surface area (Å²) in [6.07, 6.45) is 4.02. The number of aryl methyl sites for hydroxylation is 2. The van der Waals surface area contributed by atoms with Gasteiger partial charge in [0.15, 0.2) is 5.16 Å². The number of benzene rings is 1. The molecule has 7 heteroatoms. The van der Waals surface area contributed by atoms with E-state index >= 15 is 0 Å². The molecule has 4 rings (SSSR count). The minimum absolute atomic E-state index is 0.150. The molecule has 0 saturated heterocycles. The molecule has 0 saturated carbocycles. The maximum atomic E-state index is 14.4. The number of aromatic nitrogens is 2. The van der Waals surface area contributed by atoms with Gasteiger partial charge < -0.3 is 0 Å². The van der Waals surface area contributed by atoms with Crippen LogP contribution in [-0.4, -0.2) is 15.3 Å². The van der Waals surface area contributed by atoms with Crippen LogP contribution >= 0.6 is 23.1 Å². The number of nitrogens with zero attached hydrogens (tertiary/aromatic N) is 3. The van der Waals surface area contributed by atoms with Gasteiger partial charge in [0, 0.05) is 4.88 Å². The first-order valence-corrected chi connectivity index (χ1v) is 9.83. The average molecular weight is 371 g/mol. The van der Waals surface area contributed by atoms with Gasteiger partial charge in [0.05, 0.1) is 22.9 Å². The van der Waals surface area contributed by atoms with Gasteiger partial charge in [0.2, 0.25) is 0 Å². The number of para-hydroxylation sites is 1. The summed E-state index contributed by atoms with van der Waals surface area (Å²) in [5.74, 6) is -0.328. The van der Waals surface area contributed by atoms with Crippen molar-refractivity contribution in [3.63, 3.8) is 0 Å². The molecule has 0 spiro atoms. The Balaban J connectivity index is 2.05. The molecule has 0 amide bonds. The van der Waals surface area contributed by atoms with Crippen molar-refractivity contribution in [2.45, 2.75) is 30.8 Å². The summed E-state index contributed by atoms with van der Waals surface area (Å²) in [6, 6.07) is 8.22. The monoisotopic (exact) mass is 371 g/mol. The van der Waals surface area contributed by atoms with E-state index in [2.05, 4.69) is 4.98 Å². The summed E-state index contributed by atoms with van der Waals surface area (Å²) < 4.78 is 15.7. The Bertz CT molecular complexity index is 1060. The van der Waals surface area contributed by atoms with Crippen LogP contribution in [0.4, 0.5) is 4.39 Å². The summed E-state index contributed by atoms with van der Waals surface area (Å²) in [7, 11) is 0. The highest BCUT2D eigenvalue weighted by molar-refractivity contribution is 7.99. The van der Waals surface area contributed by atoms with Crippen LogP contribution in [0.3, 0.4) is 0 Å². The van der Waals surface area contributed by atoms with Gasteiger partial charge in [-0.25, -0.2) is 9.37 Å². The fourth-order valence-electron chi connectivity index (χ4n) is 3.23. The molecule has 2 heterocycles. The molecule has 0 aliphatic heterocycles. The normalized spacial score (nSPS) is 13.6. The maximum absolute atomic E-state index is 14.4. The van der Waals surface area contributed by atoms with E-state index in [9.17, 15) is 9.18 Å². The van der Waals surface area contributed by atoms with Gasteiger partial charge in [0.1, 0.15) is 10.6 Å². The molecule has 126 valence electrons. The van der Waals surface area contributed by atoms with E-state index in [1.807, 2.05) is 6.07 Å². The highest BCUT2D eigenvalue weighted by atomic mass is 32.2. The predicted molar refractivity (Wildman–Crippen MR) is 98.2 cm³/mol. The molecule has 0 fully saturated rings. The Morgan fingerprint density at radius 3 is 2.92 bits per heavy atom. The third-order valence-electron chi connectivity index (χ3n) is 4.32. The van der Waals surface area contributed by atoms with Crippen LogP contribution in [0.1, 0.15) is 23.3 Å². The lowest BCUT2D eigenvalue weighted by atomic mass is 9.97. The van der Waals surface area contributed by atoms with Crippen LogP contribution in [-0.2, 0) is 12.8 Å². The molecule has 1 aromatic carbocycles. The van der Waals surface area contributed by atoms with Crippen molar-refractivity contribution in [2.24, 2.45) is 0 Å². The van der Waals surface area contributed by atoms with Gasteiger partial charge in [0.25, 0.3) is 5.56 Å². The first kappa shape index (κ1) is 16.3. The standard InChI is InChI=1S/C18H14FN3OS2/c19-12-6-2-3-7-13(12)22-17(23)15-11-5-1-4-8-14(11)25-16(15)21-18(22)24-10-9-20/h2-3,6-7H,1,4-5,8,10H2. The predicted octanol–water partition coefficient (Wildman–Crippen LogP) is 4.08. The number of nitriles is 1. The second-order valence-corrected chi connectivity index (χ2v) is 7.85. The fourth-order valence-corrected chi connectivity index (χ4v) is 5.19. The Hall–Kier alpha value is -2.17. The topological polar surface area (TPSA) is 58.7 Å². The van der Waals surface area contributed by atoms with Crippen LogP contribution in [0.2, 0.25) is 0 Å². The zero-order chi connectivity index (χ0) is 17.4. The van der Waals surface area contributed by atoms with Gasteiger partial charge in [-0.3, -0.25) is 9.36 Å². The number of thiophene rings is 1. The van der Waals surface area contributed by atoms with Crippen molar-refractivity contribution in [3.05, 3.63) is 50.9 Å². The van der Waals surface area contributed by atoms with E-state index in [0.29, 0.717) is 15.4 Å². The maximum Gasteiger partial charge on any atom is 0.267 e. The molecule has 0 N–H and O–H groups in total. The van der Waals surface area contributed by atoms with Gasteiger partial charge in [-0.05, 0) is 43.4 Å². The molecule has 0 radical (unpaired) electrons. The van der Waals surface area contributed by atoms with E-state index in [1.54, 1.807) is 29.5 Å². The molecule has 0 atom stereocenters. The number of hydrogen-bond donors (Lipinski definition) is 0. The largest absolute Gasteiger partial charge is 0.268 e. The minimum atomic E-state index is -0.478. The highest BCUT2D eigenvalue weighted by Crippen LogP contribution is 2.35. The summed E-state index contributed by atoms with van der Waals surface area (Å²) >= 11 is 2.71. The Labute approximate surface area is 151 Å². The summed E-state index contributed by atoms with van der Waals surface area (Å²) in [4.78, 5) is 19.8. The van der Waals surface area contributed by atoms with Crippen molar-refractivity contribution in [3.8, 4) is 11.8 Å². The second-order valence-electron chi connectivity index (χ2n) is 5.82. The Morgan fingerprint density at radius 2 is 2.12 bits per heavy atom. The molecule has 0 unspecified atom stereocenters. The van der Waals surface area contributed by atoms with E-state index < -0.39 is 5.82 Å². The summed E-state index contributed by atoms with van der Waals surface area (Å²) in [6.45, 7) is 0. The summed E-state index contributed by atoms with van der Waals surface area (Å²) in [5.41, 5.74) is 1.01. The van der Waals surface area contributed by atoms with Gasteiger partial charge in [-0.1, -0.05) is 23.9 Å². The van der Waals surface area contributed by atoms with Crippen LogP contribution in [0.25, 0.3) is 15.9 Å². The SMILES string of the molecule is N#CCSc1nc2sc3c(c2c(=O)n1-c1ccccc1F)CCCC3. The van der Waals surface area contributed by atoms with Crippen LogP contribution in [0.5, 0.6) is 0 Å². The second kappa shape index (κ2) is 6.62. The van der Waals surface area contributed by atoms with Crippen LogP contribution < -0.4 is 5.56 Å². The van der Waals surface area contributed by atoms with Crippen molar-refractivity contribution in [1.82, 2.24) is 9.55 Å². The number of fused-ring (bicyclic) bond motifs is 3. The minimum Gasteiger partial charge on any atom is -0.268 e. The van der Waals surface area contributed by atoms with Gasteiger partial charge in [-0.2, -0.15) is 5.26 Å². The lowest BCUT2D eigenvalue weighted by Gasteiger charge is -2.13. The first-order chi connectivity index (χ1) is 12.2. The quantitative estimate of drug-likeness (QED) is 0.514. The number of hydrogen-bond acceptors (Lipinski definition) is 5. The Morgan fingerprint density at radius 1 is 1.32 bits per heavy atom. The third kappa shape index (κ3) is 2.75. The van der Waals surface area contributed by atoms with Crippen LogP contribution in [0, 0.1) is 17.1 Å². The lowest BCUT2D eigenvalue weighted by molar-refractivity contribution is 0.608. The molecular weight excluding hydrogens is 357 g/mol. The van der Waals surface area contributed by atoms with E-state index in [4.69, 9.17) is 5.26 Å². The van der Waals surface area contributed by atoms with Crippen molar-refractivity contribution in [2.75, 3.05) is 5.75 Å². The summed E-state index contributed by atoms with van der Waals surface area (Å²) in [5, 5.41) is 9.88. The van der Waals surface area contributed by atoms with Crippen LogP contribution in [0.15, 0.2) is 34.2 Å². The molecule has 1 aliphatic rings. The highest BCUT2D eigenvalue weighted by Gasteiger charge is 2.23. The molecule has 25 heavy (non-hydrogen) atoms. The first-order valence-electron chi connectivity index (χ1n) is 8.02. The molecule has 4 nitrogen and oxygen atoms in total. The number of thioether (sulfide) groups is 1. The van der Waals surface area contributed by atoms with E-state index in [1.165, 1.54) is 15.5 Å². The Kier molecular flexibility index (Phi) is 4.32. The molecule has 2 aromatic heterocycles. The van der Waals surface area contributed by atoms with Crippen molar-refractivity contribution < 1.29 is 4.39 Å². The number of rotatable bonds is 3. The zero-order valence-electron chi connectivity index (χ0n) is 13.3. The third-order valence-corrected chi connectivity index (χ3v) is 6.31. The van der Waals surface area contributed by atoms with E-state index in [-0.39, 0.29) is 17.0 Å². The molecule has 1 aliphatic carbocycles. The van der Waals surface area contributed by atoms with E-state index in [0.717, 1.165) is 43.0 Å². The van der Waals surface area contributed by atoms with Crippen molar-refractivity contribution in [1.29, 1.82) is 5.26 Å².